The molecule has 164 valence electrons. The molecule has 0 bridgehead atoms. The highest BCUT2D eigenvalue weighted by molar-refractivity contribution is 5.84. The van der Waals surface area contributed by atoms with Gasteiger partial charge in [-0.2, -0.15) is 9.61 Å². The lowest BCUT2D eigenvalue weighted by Gasteiger charge is -2.27. The van der Waals surface area contributed by atoms with E-state index in [1.165, 1.54) is 28.3 Å². The van der Waals surface area contributed by atoms with Gasteiger partial charge in [-0.3, -0.25) is 0 Å². The molecular formula is C27H30N4O. The maximum absolute atomic E-state index is 5.43. The number of hydrogen-bond acceptors (Lipinski definition) is 4. The minimum absolute atomic E-state index is 0.869. The fourth-order valence-electron chi connectivity index (χ4n) is 4.94. The molecule has 0 unspecified atom stereocenters. The molecule has 5 heteroatoms. The quantitative estimate of drug-likeness (QED) is 0.376. The van der Waals surface area contributed by atoms with Gasteiger partial charge < -0.3 is 9.64 Å². The molecule has 2 aromatic carbocycles. The van der Waals surface area contributed by atoms with E-state index in [4.69, 9.17) is 14.8 Å². The van der Waals surface area contributed by atoms with Gasteiger partial charge in [-0.15, -0.1) is 0 Å². The second-order valence-corrected chi connectivity index (χ2v) is 8.58. The lowest BCUT2D eigenvalue weighted by molar-refractivity contribution is 0.414. The predicted octanol–water partition coefficient (Wildman–Crippen LogP) is 6.06. The van der Waals surface area contributed by atoms with Crippen LogP contribution in [0.5, 0.6) is 5.75 Å². The SMILES string of the molecule is CCCN(c1ccccc1)c1c2c(nc3c(-c4ccc(OC)cc4C)c(C)nn13)CCC2. The molecule has 4 aromatic rings. The largest absolute Gasteiger partial charge is 0.497 e. The number of fused-ring (bicyclic) bond motifs is 2. The van der Waals surface area contributed by atoms with Crippen LogP contribution < -0.4 is 9.64 Å². The summed E-state index contributed by atoms with van der Waals surface area (Å²) in [7, 11) is 1.71. The number of aromatic nitrogens is 3. The zero-order valence-corrected chi connectivity index (χ0v) is 19.4. The van der Waals surface area contributed by atoms with E-state index in [1.54, 1.807) is 7.11 Å². The molecule has 5 rings (SSSR count). The van der Waals surface area contributed by atoms with Crippen LogP contribution in [0.15, 0.2) is 48.5 Å². The fourth-order valence-corrected chi connectivity index (χ4v) is 4.94. The first-order valence-corrected chi connectivity index (χ1v) is 11.5. The molecule has 0 N–H and O–H groups in total. The average Bonchev–Trinajstić information content (AvgIpc) is 3.40. The van der Waals surface area contributed by atoms with E-state index in [2.05, 4.69) is 72.7 Å². The van der Waals surface area contributed by atoms with Crippen LogP contribution >= 0.6 is 0 Å². The Kier molecular flexibility index (Phi) is 5.33. The van der Waals surface area contributed by atoms with Gasteiger partial charge in [0.25, 0.3) is 0 Å². The number of para-hydroxylation sites is 1. The van der Waals surface area contributed by atoms with Crippen LogP contribution in [-0.4, -0.2) is 28.3 Å². The highest BCUT2D eigenvalue weighted by Gasteiger charge is 2.28. The van der Waals surface area contributed by atoms with Gasteiger partial charge in [-0.25, -0.2) is 4.98 Å². The Labute approximate surface area is 189 Å². The molecule has 0 atom stereocenters. The summed E-state index contributed by atoms with van der Waals surface area (Å²) in [4.78, 5) is 7.60. The first-order chi connectivity index (χ1) is 15.6. The molecule has 0 amide bonds. The number of rotatable bonds is 6. The second kappa shape index (κ2) is 8.30. The van der Waals surface area contributed by atoms with Crippen molar-refractivity contribution < 1.29 is 4.74 Å². The van der Waals surface area contributed by atoms with Gasteiger partial charge >= 0.3 is 0 Å². The predicted molar refractivity (Wildman–Crippen MR) is 130 cm³/mol. The highest BCUT2D eigenvalue weighted by atomic mass is 16.5. The number of hydrogen-bond donors (Lipinski definition) is 0. The summed E-state index contributed by atoms with van der Waals surface area (Å²) >= 11 is 0. The number of nitrogens with zero attached hydrogens (tertiary/aromatic N) is 4. The summed E-state index contributed by atoms with van der Waals surface area (Å²) in [6.07, 6.45) is 4.28. The summed E-state index contributed by atoms with van der Waals surface area (Å²) < 4.78 is 7.53. The van der Waals surface area contributed by atoms with Gasteiger partial charge in [0.2, 0.25) is 0 Å². The van der Waals surface area contributed by atoms with Gasteiger partial charge in [0, 0.05) is 29.1 Å². The highest BCUT2D eigenvalue weighted by Crippen LogP contribution is 2.39. The van der Waals surface area contributed by atoms with E-state index >= 15 is 0 Å². The summed E-state index contributed by atoms with van der Waals surface area (Å²) in [5.74, 6) is 2.05. The van der Waals surface area contributed by atoms with E-state index in [1.807, 2.05) is 6.07 Å². The average molecular weight is 427 g/mol. The first kappa shape index (κ1) is 20.6. The van der Waals surface area contributed by atoms with Crippen LogP contribution in [0.4, 0.5) is 11.5 Å². The van der Waals surface area contributed by atoms with Crippen molar-refractivity contribution in [3.8, 4) is 16.9 Å². The van der Waals surface area contributed by atoms with Gasteiger partial charge in [-0.05, 0) is 74.9 Å². The molecule has 1 aliphatic rings. The number of benzene rings is 2. The Morgan fingerprint density at radius 1 is 1.06 bits per heavy atom. The molecule has 1 aliphatic carbocycles. The van der Waals surface area contributed by atoms with Crippen molar-refractivity contribution in [1.82, 2.24) is 14.6 Å². The van der Waals surface area contributed by atoms with Gasteiger partial charge in [0.15, 0.2) is 5.65 Å². The van der Waals surface area contributed by atoms with Crippen molar-refractivity contribution in [3.05, 3.63) is 71.0 Å². The van der Waals surface area contributed by atoms with E-state index in [0.29, 0.717) is 0 Å². The molecule has 0 radical (unpaired) electrons. The number of aryl methyl sites for hydroxylation is 3. The van der Waals surface area contributed by atoms with Crippen molar-refractivity contribution >= 4 is 17.2 Å². The number of methoxy groups -OCH3 is 1. The zero-order chi connectivity index (χ0) is 22.2. The minimum Gasteiger partial charge on any atom is -0.497 e. The molecule has 0 aliphatic heterocycles. The second-order valence-electron chi connectivity index (χ2n) is 8.58. The number of anilines is 2. The lowest BCUT2D eigenvalue weighted by Crippen LogP contribution is -2.23. The van der Waals surface area contributed by atoms with Crippen LogP contribution in [0.1, 0.15) is 42.3 Å². The van der Waals surface area contributed by atoms with E-state index < -0.39 is 0 Å². The Bertz CT molecular complexity index is 1280. The Hall–Kier alpha value is -3.34. The van der Waals surface area contributed by atoms with Crippen molar-refractivity contribution in [1.29, 1.82) is 0 Å². The summed E-state index contributed by atoms with van der Waals surface area (Å²) in [6, 6.07) is 16.9. The van der Waals surface area contributed by atoms with Gasteiger partial charge in [-0.1, -0.05) is 31.2 Å². The van der Waals surface area contributed by atoms with Crippen LogP contribution in [0.25, 0.3) is 16.8 Å². The summed E-state index contributed by atoms with van der Waals surface area (Å²) in [5, 5.41) is 5.06. The van der Waals surface area contributed by atoms with Crippen molar-refractivity contribution in [2.45, 2.75) is 46.5 Å². The van der Waals surface area contributed by atoms with Gasteiger partial charge in [0.05, 0.1) is 12.8 Å². The standard InChI is InChI=1S/C27H30N4O/c1-5-16-30(20-10-7-6-8-11-20)27-23-12-9-13-24(23)28-26-25(19(3)29-31(26)27)22-15-14-21(32-4)17-18(22)2/h6-8,10-11,14-15,17H,5,9,12-13,16H2,1-4H3. The molecule has 0 saturated carbocycles. The fraction of sp³-hybridized carbons (Fsp3) is 0.333. The third kappa shape index (κ3) is 3.32. The molecule has 0 spiro atoms. The summed E-state index contributed by atoms with van der Waals surface area (Å²) in [5.41, 5.74) is 9.16. The molecule has 2 heterocycles. The lowest BCUT2D eigenvalue weighted by atomic mass is 10.0. The first-order valence-electron chi connectivity index (χ1n) is 11.5. The molecule has 5 nitrogen and oxygen atoms in total. The van der Waals surface area contributed by atoms with Crippen molar-refractivity contribution in [2.24, 2.45) is 0 Å². The van der Waals surface area contributed by atoms with Crippen molar-refractivity contribution in [2.75, 3.05) is 18.6 Å². The normalized spacial score (nSPS) is 12.9. The Balaban J connectivity index is 1.79. The smallest absolute Gasteiger partial charge is 0.165 e. The minimum atomic E-state index is 0.869. The molecular weight excluding hydrogens is 396 g/mol. The monoisotopic (exact) mass is 426 g/mol. The van der Waals surface area contributed by atoms with Crippen LogP contribution in [0.3, 0.4) is 0 Å². The molecule has 0 saturated heterocycles. The van der Waals surface area contributed by atoms with Gasteiger partial charge in [0.1, 0.15) is 11.6 Å². The van der Waals surface area contributed by atoms with Crippen LogP contribution in [0.2, 0.25) is 0 Å². The molecule has 32 heavy (non-hydrogen) atoms. The zero-order valence-electron chi connectivity index (χ0n) is 19.4. The molecule has 0 fully saturated rings. The van der Waals surface area contributed by atoms with Crippen molar-refractivity contribution in [3.63, 3.8) is 0 Å². The third-order valence-electron chi connectivity index (χ3n) is 6.41. The maximum Gasteiger partial charge on any atom is 0.165 e. The molecule has 2 aromatic heterocycles. The summed E-state index contributed by atoms with van der Waals surface area (Å²) in [6.45, 7) is 7.39. The maximum atomic E-state index is 5.43. The van der Waals surface area contributed by atoms with E-state index in [9.17, 15) is 0 Å². The van der Waals surface area contributed by atoms with Crippen LogP contribution in [0, 0.1) is 13.8 Å². The third-order valence-corrected chi connectivity index (χ3v) is 6.41. The number of ether oxygens (including phenoxy) is 1. The Morgan fingerprint density at radius 2 is 1.88 bits per heavy atom. The van der Waals surface area contributed by atoms with E-state index in [0.717, 1.165) is 60.4 Å². The Morgan fingerprint density at radius 3 is 2.59 bits per heavy atom. The topological polar surface area (TPSA) is 42.7 Å². The van der Waals surface area contributed by atoms with E-state index in [-0.39, 0.29) is 0 Å². The van der Waals surface area contributed by atoms with Crippen LogP contribution in [-0.2, 0) is 12.8 Å².